The van der Waals surface area contributed by atoms with Gasteiger partial charge in [-0.05, 0) is 66.9 Å². The molecule has 0 saturated heterocycles. The van der Waals surface area contributed by atoms with Crippen LogP contribution in [-0.4, -0.2) is 21.0 Å². The van der Waals surface area contributed by atoms with Crippen molar-refractivity contribution in [3.63, 3.8) is 0 Å². The number of benzene rings is 3. The second-order valence-corrected chi connectivity index (χ2v) is 9.23. The lowest BCUT2D eigenvalue weighted by Crippen LogP contribution is -2.35. The van der Waals surface area contributed by atoms with Crippen LogP contribution in [0.3, 0.4) is 0 Å². The van der Waals surface area contributed by atoms with Gasteiger partial charge in [0.05, 0.1) is 10.6 Å². The van der Waals surface area contributed by atoms with Gasteiger partial charge in [-0.25, -0.2) is 13.2 Å². The first kappa shape index (κ1) is 20.3. The molecule has 0 spiro atoms. The quantitative estimate of drug-likeness (QED) is 0.589. The van der Waals surface area contributed by atoms with Gasteiger partial charge in [0, 0.05) is 22.9 Å². The van der Waals surface area contributed by atoms with E-state index in [0.29, 0.717) is 35.1 Å². The highest BCUT2D eigenvalue weighted by Gasteiger charge is 2.29. The van der Waals surface area contributed by atoms with E-state index in [1.54, 1.807) is 66.7 Å². The average molecular weight is 442 g/mol. The lowest BCUT2D eigenvalue weighted by Gasteiger charge is -2.30. The summed E-state index contributed by atoms with van der Waals surface area (Å²) >= 11 is 5.94. The SMILES string of the molecule is O=C(Nc1cccc(Cl)c1)Nc1ccc2c(c1)CCCN2S(=O)(=O)c1ccccc1. The van der Waals surface area contributed by atoms with Crippen LogP contribution in [0, 0.1) is 0 Å². The summed E-state index contributed by atoms with van der Waals surface area (Å²) in [5, 5.41) is 6.04. The van der Waals surface area contributed by atoms with Crippen LogP contribution in [-0.2, 0) is 16.4 Å². The van der Waals surface area contributed by atoms with Gasteiger partial charge in [0.1, 0.15) is 0 Å². The van der Waals surface area contributed by atoms with Crippen LogP contribution >= 0.6 is 11.6 Å². The Kier molecular flexibility index (Phi) is 5.65. The van der Waals surface area contributed by atoms with Crippen molar-refractivity contribution in [2.45, 2.75) is 17.7 Å². The molecule has 0 atom stereocenters. The van der Waals surface area contributed by atoms with Crippen LogP contribution in [0.25, 0.3) is 0 Å². The van der Waals surface area contributed by atoms with Crippen LogP contribution in [0.5, 0.6) is 0 Å². The smallest absolute Gasteiger partial charge is 0.308 e. The summed E-state index contributed by atoms with van der Waals surface area (Å²) in [5.74, 6) is 0. The molecule has 4 rings (SSSR count). The van der Waals surface area contributed by atoms with Crippen molar-refractivity contribution >= 4 is 44.7 Å². The number of carbonyl (C=O) groups is 1. The molecule has 3 aromatic carbocycles. The van der Waals surface area contributed by atoms with E-state index in [1.807, 2.05) is 6.07 Å². The van der Waals surface area contributed by atoms with Crippen LogP contribution in [0.1, 0.15) is 12.0 Å². The first-order valence-electron chi connectivity index (χ1n) is 9.48. The van der Waals surface area contributed by atoms with Gasteiger partial charge in [-0.1, -0.05) is 35.9 Å². The molecule has 2 amide bonds. The Bertz CT molecular complexity index is 1180. The maximum Gasteiger partial charge on any atom is 0.323 e. The van der Waals surface area contributed by atoms with E-state index in [-0.39, 0.29) is 4.90 Å². The largest absolute Gasteiger partial charge is 0.323 e. The van der Waals surface area contributed by atoms with Gasteiger partial charge in [-0.3, -0.25) is 4.31 Å². The number of nitrogens with one attached hydrogen (secondary N) is 2. The number of hydrogen-bond acceptors (Lipinski definition) is 3. The van der Waals surface area contributed by atoms with Crippen LogP contribution in [0.15, 0.2) is 77.7 Å². The zero-order chi connectivity index (χ0) is 21.1. The molecule has 1 aliphatic rings. The van der Waals surface area contributed by atoms with Crippen molar-refractivity contribution in [3.05, 3.63) is 83.4 Å². The number of urea groups is 1. The minimum Gasteiger partial charge on any atom is -0.308 e. The normalized spacial score (nSPS) is 13.4. The lowest BCUT2D eigenvalue weighted by atomic mass is 10.0. The fraction of sp³-hybridized carbons (Fsp3) is 0.136. The molecule has 1 heterocycles. The summed E-state index contributed by atoms with van der Waals surface area (Å²) in [6.45, 7) is 0.423. The Morgan fingerprint density at radius 2 is 1.63 bits per heavy atom. The molecular formula is C22H20ClN3O3S. The second-order valence-electron chi connectivity index (χ2n) is 6.93. The van der Waals surface area contributed by atoms with Gasteiger partial charge < -0.3 is 10.6 Å². The van der Waals surface area contributed by atoms with Crippen LogP contribution in [0.4, 0.5) is 21.9 Å². The zero-order valence-electron chi connectivity index (χ0n) is 16.0. The van der Waals surface area contributed by atoms with Crippen molar-refractivity contribution in [1.29, 1.82) is 0 Å². The fourth-order valence-electron chi connectivity index (χ4n) is 3.47. The van der Waals surface area contributed by atoms with Crippen molar-refractivity contribution in [2.75, 3.05) is 21.5 Å². The predicted molar refractivity (Wildman–Crippen MR) is 120 cm³/mol. The molecule has 3 aromatic rings. The number of carbonyl (C=O) groups excluding carboxylic acids is 1. The Balaban J connectivity index is 1.54. The minimum atomic E-state index is -3.63. The molecule has 0 bridgehead atoms. The summed E-state index contributed by atoms with van der Waals surface area (Å²) in [6, 6.07) is 20.1. The van der Waals surface area contributed by atoms with E-state index in [9.17, 15) is 13.2 Å². The summed E-state index contributed by atoms with van der Waals surface area (Å²) in [4.78, 5) is 12.6. The monoisotopic (exact) mass is 441 g/mol. The third-order valence-electron chi connectivity index (χ3n) is 4.83. The molecule has 2 N–H and O–H groups in total. The molecule has 6 nitrogen and oxygen atoms in total. The second kappa shape index (κ2) is 8.38. The Labute approximate surface area is 180 Å². The number of amides is 2. The predicted octanol–water partition coefficient (Wildman–Crippen LogP) is 5.13. The van der Waals surface area contributed by atoms with Gasteiger partial charge in [0.2, 0.25) is 0 Å². The number of rotatable bonds is 4. The number of nitrogens with zero attached hydrogens (tertiary/aromatic N) is 1. The highest BCUT2D eigenvalue weighted by molar-refractivity contribution is 7.92. The number of anilines is 3. The third kappa shape index (κ3) is 4.27. The number of fused-ring (bicyclic) bond motifs is 1. The van der Waals surface area contributed by atoms with E-state index >= 15 is 0 Å². The topological polar surface area (TPSA) is 78.5 Å². The summed E-state index contributed by atoms with van der Waals surface area (Å²) in [7, 11) is -3.63. The molecular weight excluding hydrogens is 422 g/mol. The van der Waals surface area contributed by atoms with E-state index in [0.717, 1.165) is 12.0 Å². The number of aryl methyl sites for hydroxylation is 1. The number of sulfonamides is 1. The highest BCUT2D eigenvalue weighted by atomic mass is 35.5. The van der Waals surface area contributed by atoms with Crippen molar-refractivity contribution in [1.82, 2.24) is 0 Å². The summed E-state index contributed by atoms with van der Waals surface area (Å²) in [6.07, 6.45) is 1.44. The fourth-order valence-corrected chi connectivity index (χ4v) is 5.22. The van der Waals surface area contributed by atoms with Gasteiger partial charge in [-0.2, -0.15) is 0 Å². The van der Waals surface area contributed by atoms with E-state index in [1.165, 1.54) is 4.31 Å². The Morgan fingerprint density at radius 3 is 2.37 bits per heavy atom. The summed E-state index contributed by atoms with van der Waals surface area (Å²) < 4.78 is 27.6. The molecule has 30 heavy (non-hydrogen) atoms. The standard InChI is InChI=1S/C22H20ClN3O3S/c23-17-7-4-8-18(15-17)24-22(27)25-19-11-12-21-16(14-19)6-5-13-26(21)30(28,29)20-9-2-1-3-10-20/h1-4,7-12,14-15H,5-6,13H2,(H2,24,25,27). The minimum absolute atomic E-state index is 0.265. The van der Waals surface area contributed by atoms with E-state index in [2.05, 4.69) is 10.6 Å². The van der Waals surface area contributed by atoms with Gasteiger partial charge >= 0.3 is 6.03 Å². The van der Waals surface area contributed by atoms with Gasteiger partial charge in [0.15, 0.2) is 0 Å². The van der Waals surface area contributed by atoms with Crippen molar-refractivity contribution < 1.29 is 13.2 Å². The Morgan fingerprint density at radius 1 is 0.900 bits per heavy atom. The molecule has 0 aromatic heterocycles. The molecule has 1 aliphatic heterocycles. The molecule has 8 heteroatoms. The maximum atomic E-state index is 13.1. The first-order chi connectivity index (χ1) is 14.4. The summed E-state index contributed by atoms with van der Waals surface area (Å²) in [5.41, 5.74) is 2.69. The number of halogens is 1. The molecule has 0 radical (unpaired) electrons. The Hall–Kier alpha value is -3.03. The average Bonchev–Trinajstić information content (AvgIpc) is 2.73. The van der Waals surface area contributed by atoms with E-state index in [4.69, 9.17) is 11.6 Å². The first-order valence-corrected chi connectivity index (χ1v) is 11.3. The highest BCUT2D eigenvalue weighted by Crippen LogP contribution is 2.33. The molecule has 0 saturated carbocycles. The van der Waals surface area contributed by atoms with Crippen LogP contribution in [0.2, 0.25) is 5.02 Å². The number of hydrogen-bond donors (Lipinski definition) is 2. The lowest BCUT2D eigenvalue weighted by molar-refractivity contribution is 0.262. The van der Waals surface area contributed by atoms with Crippen LogP contribution < -0.4 is 14.9 Å². The third-order valence-corrected chi connectivity index (χ3v) is 6.89. The molecule has 154 valence electrons. The maximum absolute atomic E-state index is 13.1. The molecule has 0 unspecified atom stereocenters. The van der Waals surface area contributed by atoms with Gasteiger partial charge in [0.25, 0.3) is 10.0 Å². The van der Waals surface area contributed by atoms with Gasteiger partial charge in [-0.15, -0.1) is 0 Å². The van der Waals surface area contributed by atoms with Crippen molar-refractivity contribution in [2.24, 2.45) is 0 Å². The van der Waals surface area contributed by atoms with Crippen molar-refractivity contribution in [3.8, 4) is 0 Å². The van der Waals surface area contributed by atoms with E-state index < -0.39 is 16.1 Å². The molecule has 0 fully saturated rings. The zero-order valence-corrected chi connectivity index (χ0v) is 17.6. The molecule has 0 aliphatic carbocycles.